The maximum absolute atomic E-state index is 12.9. The van der Waals surface area contributed by atoms with E-state index < -0.39 is 0 Å². The molecule has 2 N–H and O–H groups in total. The van der Waals surface area contributed by atoms with Crippen LogP contribution in [0.1, 0.15) is 0 Å². The zero-order valence-corrected chi connectivity index (χ0v) is 8.22. The van der Waals surface area contributed by atoms with E-state index >= 15 is 0 Å². The summed E-state index contributed by atoms with van der Waals surface area (Å²) < 4.78 is 13.9. The number of fused-ring (bicyclic) bond motifs is 1. The van der Waals surface area contributed by atoms with Crippen LogP contribution >= 0.6 is 28.1 Å². The van der Waals surface area contributed by atoms with Crippen molar-refractivity contribution < 1.29 is 4.39 Å². The van der Waals surface area contributed by atoms with Crippen LogP contribution in [0.15, 0.2) is 16.6 Å². The maximum Gasteiger partial charge on any atom is 0.175 e. The molecule has 0 unspecified atom stereocenters. The van der Waals surface area contributed by atoms with Crippen LogP contribution in [-0.4, -0.2) is 9.97 Å². The van der Waals surface area contributed by atoms with Crippen LogP contribution in [0, 0.1) is 10.6 Å². The lowest BCUT2D eigenvalue weighted by molar-refractivity contribution is 0.623. The number of benzene rings is 1. The molecular weight excluding hydrogens is 243 g/mol. The molecule has 2 rings (SSSR count). The molecule has 0 aliphatic carbocycles. The summed E-state index contributed by atoms with van der Waals surface area (Å²) in [5.74, 6) is -0.298. The molecule has 12 heavy (non-hydrogen) atoms. The van der Waals surface area contributed by atoms with Gasteiger partial charge in [0.1, 0.15) is 5.82 Å². The van der Waals surface area contributed by atoms with Crippen molar-refractivity contribution in [2.45, 2.75) is 0 Å². The van der Waals surface area contributed by atoms with E-state index in [-0.39, 0.29) is 5.82 Å². The van der Waals surface area contributed by atoms with E-state index in [4.69, 9.17) is 12.2 Å². The minimum atomic E-state index is -0.298. The number of imidazole rings is 1. The minimum Gasteiger partial charge on any atom is -0.331 e. The van der Waals surface area contributed by atoms with Crippen molar-refractivity contribution in [2.75, 3.05) is 0 Å². The molecule has 2 nitrogen and oxygen atoms in total. The molecule has 5 heteroatoms. The van der Waals surface area contributed by atoms with Gasteiger partial charge in [-0.3, -0.25) is 0 Å². The van der Waals surface area contributed by atoms with Crippen LogP contribution in [0.2, 0.25) is 0 Å². The van der Waals surface area contributed by atoms with Crippen molar-refractivity contribution in [3.63, 3.8) is 0 Å². The van der Waals surface area contributed by atoms with Gasteiger partial charge in [0.25, 0.3) is 0 Å². The summed E-state index contributed by atoms with van der Waals surface area (Å²) in [6.45, 7) is 0. The van der Waals surface area contributed by atoms with Crippen molar-refractivity contribution in [1.29, 1.82) is 0 Å². The first-order valence-corrected chi connectivity index (χ1v) is 4.44. The number of hydrogen-bond donors (Lipinski definition) is 2. The molecule has 0 amide bonds. The van der Waals surface area contributed by atoms with Crippen molar-refractivity contribution in [3.8, 4) is 0 Å². The van der Waals surface area contributed by atoms with E-state index in [2.05, 4.69) is 25.9 Å². The molecule has 1 aromatic carbocycles. The molecule has 0 saturated carbocycles. The Labute approximate surface area is 80.9 Å². The van der Waals surface area contributed by atoms with Crippen LogP contribution in [0.5, 0.6) is 0 Å². The molecule has 0 bridgehead atoms. The van der Waals surface area contributed by atoms with Crippen molar-refractivity contribution in [2.24, 2.45) is 0 Å². The van der Waals surface area contributed by atoms with Crippen LogP contribution < -0.4 is 0 Å². The molecule has 0 atom stereocenters. The standard InChI is InChI=1S/C7H4BrFN2S/c8-3-1-5-6(2-4(3)9)11-7(12)10-5/h1-2H,(H2,10,11,12). The van der Waals surface area contributed by atoms with Crippen LogP contribution in [0.3, 0.4) is 0 Å². The fraction of sp³-hybridized carbons (Fsp3) is 0. The van der Waals surface area contributed by atoms with Gasteiger partial charge in [-0.05, 0) is 34.2 Å². The summed E-state index contributed by atoms with van der Waals surface area (Å²) >= 11 is 7.93. The minimum absolute atomic E-state index is 0.298. The summed E-state index contributed by atoms with van der Waals surface area (Å²) in [6.07, 6.45) is 0. The molecule has 0 aliphatic heterocycles. The molecule has 0 spiro atoms. The van der Waals surface area contributed by atoms with Crippen molar-refractivity contribution >= 4 is 39.2 Å². The van der Waals surface area contributed by atoms with Gasteiger partial charge in [0.15, 0.2) is 4.77 Å². The molecule has 2 aromatic rings. The van der Waals surface area contributed by atoms with Gasteiger partial charge in [0.2, 0.25) is 0 Å². The Hall–Kier alpha value is -0.680. The number of aromatic nitrogens is 2. The smallest absolute Gasteiger partial charge is 0.175 e. The number of halogens is 2. The normalized spacial score (nSPS) is 10.8. The van der Waals surface area contributed by atoms with E-state index in [1.54, 1.807) is 6.07 Å². The summed E-state index contributed by atoms with van der Waals surface area (Å²) in [5, 5.41) is 0. The number of nitrogens with one attached hydrogen (secondary N) is 2. The SMILES string of the molecule is Fc1cc2[nH]c(=S)[nH]c2cc1Br. The molecule has 0 fully saturated rings. The van der Waals surface area contributed by atoms with Gasteiger partial charge in [-0.15, -0.1) is 0 Å². The van der Waals surface area contributed by atoms with Gasteiger partial charge in [-0.1, -0.05) is 0 Å². The molecule has 62 valence electrons. The fourth-order valence-electron chi connectivity index (χ4n) is 1.03. The zero-order valence-electron chi connectivity index (χ0n) is 5.82. The van der Waals surface area contributed by atoms with E-state index in [9.17, 15) is 4.39 Å². The van der Waals surface area contributed by atoms with Crippen molar-refractivity contribution in [3.05, 3.63) is 27.2 Å². The fourth-order valence-corrected chi connectivity index (χ4v) is 1.59. The lowest BCUT2D eigenvalue weighted by Crippen LogP contribution is -1.77. The Morgan fingerprint density at radius 2 is 1.83 bits per heavy atom. The van der Waals surface area contributed by atoms with Gasteiger partial charge < -0.3 is 9.97 Å². The van der Waals surface area contributed by atoms with Crippen LogP contribution in [-0.2, 0) is 0 Å². The first kappa shape index (κ1) is 7.94. The average Bonchev–Trinajstić information content (AvgIpc) is 2.30. The summed E-state index contributed by atoms with van der Waals surface area (Å²) in [6, 6.07) is 3.04. The number of aromatic amines is 2. The topological polar surface area (TPSA) is 31.6 Å². The molecule has 0 aliphatic rings. The van der Waals surface area contributed by atoms with Crippen LogP contribution in [0.25, 0.3) is 11.0 Å². The number of hydrogen-bond acceptors (Lipinski definition) is 1. The van der Waals surface area contributed by atoms with E-state index in [0.717, 1.165) is 5.52 Å². The van der Waals surface area contributed by atoms with Gasteiger partial charge in [-0.25, -0.2) is 4.39 Å². The molecule has 1 heterocycles. The number of rotatable bonds is 0. The van der Waals surface area contributed by atoms with Crippen LogP contribution in [0.4, 0.5) is 4.39 Å². The monoisotopic (exact) mass is 246 g/mol. The predicted molar refractivity (Wildman–Crippen MR) is 51.1 cm³/mol. The Bertz CT molecular complexity index is 446. The Balaban J connectivity index is 2.92. The molecule has 1 aromatic heterocycles. The Morgan fingerprint density at radius 1 is 1.25 bits per heavy atom. The third-order valence-corrected chi connectivity index (χ3v) is 2.37. The second-order valence-corrected chi connectivity index (χ2v) is 3.65. The Kier molecular flexibility index (Phi) is 1.77. The quantitative estimate of drug-likeness (QED) is 0.688. The second-order valence-electron chi connectivity index (χ2n) is 2.39. The first-order valence-electron chi connectivity index (χ1n) is 3.24. The van der Waals surface area contributed by atoms with Crippen molar-refractivity contribution in [1.82, 2.24) is 9.97 Å². The van der Waals surface area contributed by atoms with E-state index in [1.807, 2.05) is 0 Å². The zero-order chi connectivity index (χ0) is 8.72. The highest BCUT2D eigenvalue weighted by molar-refractivity contribution is 9.10. The van der Waals surface area contributed by atoms with Gasteiger partial charge in [0.05, 0.1) is 15.5 Å². The third kappa shape index (κ3) is 1.19. The molecular formula is C7H4BrFN2S. The number of H-pyrrole nitrogens is 2. The van der Waals surface area contributed by atoms with E-state index in [0.29, 0.717) is 14.8 Å². The lowest BCUT2D eigenvalue weighted by atomic mass is 10.3. The highest BCUT2D eigenvalue weighted by Gasteiger charge is 2.02. The average molecular weight is 247 g/mol. The van der Waals surface area contributed by atoms with E-state index in [1.165, 1.54) is 6.07 Å². The second kappa shape index (κ2) is 2.67. The summed E-state index contributed by atoms with van der Waals surface area (Å²) in [7, 11) is 0. The maximum atomic E-state index is 12.9. The molecule has 0 radical (unpaired) electrons. The van der Waals surface area contributed by atoms with Gasteiger partial charge in [0, 0.05) is 6.07 Å². The Morgan fingerprint density at radius 3 is 2.50 bits per heavy atom. The summed E-state index contributed by atoms with van der Waals surface area (Å²) in [4.78, 5) is 5.71. The molecule has 0 saturated heterocycles. The third-order valence-electron chi connectivity index (χ3n) is 1.56. The van der Waals surface area contributed by atoms with Gasteiger partial charge >= 0.3 is 0 Å². The highest BCUT2D eigenvalue weighted by atomic mass is 79.9. The summed E-state index contributed by atoms with van der Waals surface area (Å²) in [5.41, 5.74) is 1.48. The predicted octanol–water partition coefficient (Wildman–Crippen LogP) is 3.13. The largest absolute Gasteiger partial charge is 0.331 e. The first-order chi connectivity index (χ1) is 5.66. The van der Waals surface area contributed by atoms with Gasteiger partial charge in [-0.2, -0.15) is 0 Å². The highest BCUT2D eigenvalue weighted by Crippen LogP contribution is 2.20. The lowest BCUT2D eigenvalue weighted by Gasteiger charge is -1.92.